The van der Waals surface area contributed by atoms with E-state index in [-0.39, 0.29) is 39.8 Å². The Bertz CT molecular complexity index is 1120. The molecule has 0 aliphatic carbocycles. The van der Waals surface area contributed by atoms with Gasteiger partial charge in [0.2, 0.25) is 0 Å². The van der Waals surface area contributed by atoms with E-state index in [0.29, 0.717) is 5.56 Å². The Hall–Kier alpha value is -4.14. The van der Waals surface area contributed by atoms with E-state index >= 15 is 0 Å². The summed E-state index contributed by atoms with van der Waals surface area (Å²) in [5, 5.41) is 22.8. The highest BCUT2D eigenvalue weighted by atomic mass is 16.6. The van der Waals surface area contributed by atoms with Gasteiger partial charge in [-0.25, -0.2) is 0 Å². The summed E-state index contributed by atoms with van der Waals surface area (Å²) < 4.78 is 0. The predicted molar refractivity (Wildman–Crippen MR) is 97.9 cm³/mol. The first kappa shape index (κ1) is 17.3. The monoisotopic (exact) mass is 377 g/mol. The third kappa shape index (κ3) is 2.65. The minimum atomic E-state index is -0.681. The molecule has 1 heterocycles. The van der Waals surface area contributed by atoms with E-state index in [4.69, 9.17) is 0 Å². The summed E-state index contributed by atoms with van der Waals surface area (Å²) in [7, 11) is 0. The van der Waals surface area contributed by atoms with E-state index in [1.807, 2.05) is 0 Å². The van der Waals surface area contributed by atoms with Crippen LogP contribution in [0.15, 0.2) is 54.6 Å². The fourth-order valence-corrected chi connectivity index (χ4v) is 3.32. The van der Waals surface area contributed by atoms with Gasteiger partial charge in [0.25, 0.3) is 23.2 Å². The van der Waals surface area contributed by atoms with Crippen LogP contribution in [0.5, 0.6) is 0 Å². The molecule has 3 aromatic carbocycles. The highest BCUT2D eigenvalue weighted by Crippen LogP contribution is 2.36. The lowest BCUT2D eigenvalue weighted by Gasteiger charge is -2.27. The minimum Gasteiger partial charge on any atom is -0.270 e. The molecule has 0 aromatic heterocycles. The highest BCUT2D eigenvalue weighted by Gasteiger charge is 2.35. The van der Waals surface area contributed by atoms with Crippen LogP contribution in [0.1, 0.15) is 26.3 Å². The Morgan fingerprint density at radius 1 is 0.786 bits per heavy atom. The van der Waals surface area contributed by atoms with Crippen LogP contribution in [-0.4, -0.2) is 26.6 Å². The zero-order valence-electron chi connectivity index (χ0n) is 14.2. The second-order valence-corrected chi connectivity index (χ2v) is 6.28. The Morgan fingerprint density at radius 3 is 1.75 bits per heavy atom. The highest BCUT2D eigenvalue weighted by molar-refractivity contribution is 6.26. The van der Waals surface area contributed by atoms with Gasteiger partial charge in [-0.2, -0.15) is 0 Å². The molecule has 2 amide bonds. The molecule has 0 atom stereocenters. The maximum atomic E-state index is 13.0. The van der Waals surface area contributed by atoms with Crippen LogP contribution >= 0.6 is 0 Å². The molecule has 138 valence electrons. The Kier molecular flexibility index (Phi) is 3.85. The number of rotatable bonds is 4. The molecular weight excluding hydrogens is 366 g/mol. The maximum absolute atomic E-state index is 13.0. The van der Waals surface area contributed by atoms with Crippen molar-refractivity contribution in [3.05, 3.63) is 91.5 Å². The van der Waals surface area contributed by atoms with Crippen LogP contribution in [0.2, 0.25) is 0 Å². The second kappa shape index (κ2) is 6.23. The Balaban J connectivity index is 1.96. The van der Waals surface area contributed by atoms with Crippen LogP contribution in [0.4, 0.5) is 11.4 Å². The SMILES string of the molecule is O=C1c2cc([N+](=O)[O-])cc3cc([N+](=O)[O-])cc(c23)C(=O)N1Cc1ccccc1. The molecular formula is C19H11N3O6. The van der Waals surface area contributed by atoms with Gasteiger partial charge in [-0.05, 0) is 10.9 Å². The average Bonchev–Trinajstić information content (AvgIpc) is 2.69. The van der Waals surface area contributed by atoms with Crippen LogP contribution < -0.4 is 0 Å². The summed E-state index contributed by atoms with van der Waals surface area (Å²) in [5.74, 6) is -1.35. The number of nitro groups is 2. The van der Waals surface area contributed by atoms with Gasteiger partial charge in [-0.1, -0.05) is 30.3 Å². The van der Waals surface area contributed by atoms with Gasteiger partial charge in [0.05, 0.1) is 27.5 Å². The van der Waals surface area contributed by atoms with E-state index in [2.05, 4.69) is 0 Å². The topological polar surface area (TPSA) is 124 Å². The molecule has 4 rings (SSSR count). The second-order valence-electron chi connectivity index (χ2n) is 6.28. The lowest BCUT2D eigenvalue weighted by Crippen LogP contribution is -2.39. The molecule has 1 aliphatic heterocycles. The first-order chi connectivity index (χ1) is 13.4. The van der Waals surface area contributed by atoms with Gasteiger partial charge in [0.1, 0.15) is 0 Å². The molecule has 9 heteroatoms. The van der Waals surface area contributed by atoms with Crippen molar-refractivity contribution in [1.82, 2.24) is 4.90 Å². The first-order valence-corrected chi connectivity index (χ1v) is 8.17. The molecule has 3 aromatic rings. The summed E-state index contributed by atoms with van der Waals surface area (Å²) in [4.78, 5) is 48.0. The largest absolute Gasteiger partial charge is 0.270 e. The molecule has 0 spiro atoms. The predicted octanol–water partition coefficient (Wildman–Crippen LogP) is 3.45. The molecule has 1 aliphatic rings. The van der Waals surface area contributed by atoms with Crippen molar-refractivity contribution in [1.29, 1.82) is 0 Å². The lowest BCUT2D eigenvalue weighted by molar-refractivity contribution is -0.385. The summed E-state index contributed by atoms with van der Waals surface area (Å²) >= 11 is 0. The van der Waals surface area contributed by atoms with Crippen molar-refractivity contribution in [3.8, 4) is 0 Å². The number of nitro benzene ring substituents is 2. The van der Waals surface area contributed by atoms with Crippen molar-refractivity contribution in [2.24, 2.45) is 0 Å². The van der Waals surface area contributed by atoms with Gasteiger partial charge in [-0.3, -0.25) is 34.7 Å². The van der Waals surface area contributed by atoms with Crippen molar-refractivity contribution in [2.45, 2.75) is 6.54 Å². The molecule has 0 unspecified atom stereocenters. The van der Waals surface area contributed by atoms with Crippen molar-refractivity contribution in [2.75, 3.05) is 0 Å². The molecule has 0 N–H and O–H groups in total. The fraction of sp³-hybridized carbons (Fsp3) is 0.0526. The molecule has 0 saturated carbocycles. The molecule has 0 saturated heterocycles. The smallest absolute Gasteiger partial charge is 0.270 e. The molecule has 28 heavy (non-hydrogen) atoms. The summed E-state index contributed by atoms with van der Waals surface area (Å²) in [6.07, 6.45) is 0. The quantitative estimate of drug-likeness (QED) is 0.390. The number of nitrogens with zero attached hydrogens (tertiary/aromatic N) is 3. The fourth-order valence-electron chi connectivity index (χ4n) is 3.32. The van der Waals surface area contributed by atoms with E-state index in [0.717, 1.165) is 29.2 Å². The van der Waals surface area contributed by atoms with Gasteiger partial charge in [0.15, 0.2) is 0 Å². The van der Waals surface area contributed by atoms with Crippen LogP contribution in [0.3, 0.4) is 0 Å². The zero-order chi connectivity index (χ0) is 20.0. The van der Waals surface area contributed by atoms with Crippen molar-refractivity contribution in [3.63, 3.8) is 0 Å². The summed E-state index contributed by atoms with van der Waals surface area (Å²) in [6.45, 7) is -0.0508. The number of amides is 2. The first-order valence-electron chi connectivity index (χ1n) is 8.17. The molecule has 0 bridgehead atoms. The molecule has 0 fully saturated rings. The summed E-state index contributed by atoms with van der Waals surface area (Å²) in [5.41, 5.74) is -0.123. The Labute approximate surface area is 157 Å². The molecule has 0 radical (unpaired) electrons. The van der Waals surface area contributed by atoms with Gasteiger partial charge in [0, 0.05) is 29.7 Å². The van der Waals surface area contributed by atoms with E-state index in [1.165, 1.54) is 0 Å². The third-order valence-electron chi connectivity index (χ3n) is 4.57. The number of benzene rings is 3. The number of hydrogen-bond acceptors (Lipinski definition) is 6. The van der Waals surface area contributed by atoms with Gasteiger partial charge in [-0.15, -0.1) is 0 Å². The number of imide groups is 1. The van der Waals surface area contributed by atoms with Gasteiger partial charge < -0.3 is 0 Å². The van der Waals surface area contributed by atoms with Crippen molar-refractivity contribution < 1.29 is 19.4 Å². The van der Waals surface area contributed by atoms with Gasteiger partial charge >= 0.3 is 0 Å². The number of hydrogen-bond donors (Lipinski definition) is 0. The average molecular weight is 377 g/mol. The van der Waals surface area contributed by atoms with Crippen LogP contribution in [0, 0.1) is 20.2 Å². The van der Waals surface area contributed by atoms with Crippen molar-refractivity contribution >= 4 is 34.0 Å². The normalized spacial score (nSPS) is 13.1. The molecule has 9 nitrogen and oxygen atoms in total. The summed E-state index contributed by atoms with van der Waals surface area (Å²) in [6, 6.07) is 13.2. The Morgan fingerprint density at radius 2 is 1.29 bits per heavy atom. The maximum Gasteiger partial charge on any atom is 0.270 e. The lowest BCUT2D eigenvalue weighted by atomic mass is 9.92. The third-order valence-corrected chi connectivity index (χ3v) is 4.57. The number of non-ortho nitro benzene ring substituents is 2. The number of carbonyl (C=O) groups is 2. The standard InChI is InChI=1S/C19H11N3O6/c23-18-15-8-13(21(25)26)6-12-7-14(22(27)28)9-16(17(12)15)19(24)20(18)10-11-4-2-1-3-5-11/h1-9H,10H2. The van der Waals surface area contributed by atoms with Crippen LogP contribution in [0.25, 0.3) is 10.8 Å². The van der Waals surface area contributed by atoms with E-state index in [9.17, 15) is 29.8 Å². The van der Waals surface area contributed by atoms with E-state index in [1.54, 1.807) is 30.3 Å². The minimum absolute atomic E-state index is 0.0235. The van der Waals surface area contributed by atoms with E-state index < -0.39 is 21.7 Å². The zero-order valence-corrected chi connectivity index (χ0v) is 14.2. The number of carbonyl (C=O) groups excluding carboxylic acids is 2. The van der Waals surface area contributed by atoms with Crippen LogP contribution in [-0.2, 0) is 6.54 Å².